The highest BCUT2D eigenvalue weighted by Crippen LogP contribution is 2.39. The quantitative estimate of drug-likeness (QED) is 0.890. The molecule has 4 nitrogen and oxygen atoms in total. The molecule has 1 aliphatic heterocycles. The van der Waals surface area contributed by atoms with Gasteiger partial charge in [-0.25, -0.2) is 0 Å². The minimum absolute atomic E-state index is 0.0280. The van der Waals surface area contributed by atoms with Gasteiger partial charge in [0.05, 0.1) is 5.75 Å². The Labute approximate surface area is 148 Å². The fourth-order valence-electron chi connectivity index (χ4n) is 2.87. The molecule has 2 aliphatic rings. The van der Waals surface area contributed by atoms with Crippen molar-refractivity contribution in [2.75, 3.05) is 12.3 Å². The van der Waals surface area contributed by atoms with E-state index in [1.807, 2.05) is 4.90 Å². The van der Waals surface area contributed by atoms with Crippen molar-refractivity contribution in [1.29, 1.82) is 0 Å². The van der Waals surface area contributed by atoms with Crippen LogP contribution in [-0.4, -0.2) is 35.1 Å². The Kier molecular flexibility index (Phi) is 4.90. The zero-order valence-corrected chi connectivity index (χ0v) is 15.5. The first-order chi connectivity index (χ1) is 11.3. The average Bonchev–Trinajstić information content (AvgIpc) is 3.26. The molecule has 1 heterocycles. The fraction of sp³-hybridized carbons (Fsp3) is 0.579. The van der Waals surface area contributed by atoms with Crippen LogP contribution in [0.15, 0.2) is 24.3 Å². The summed E-state index contributed by atoms with van der Waals surface area (Å²) >= 11 is 1.65. The van der Waals surface area contributed by atoms with Crippen molar-refractivity contribution < 1.29 is 9.59 Å². The van der Waals surface area contributed by atoms with Gasteiger partial charge in [0.25, 0.3) is 0 Å². The Morgan fingerprint density at radius 2 is 1.92 bits per heavy atom. The molecule has 0 unspecified atom stereocenters. The van der Waals surface area contributed by atoms with E-state index in [2.05, 4.69) is 50.4 Å². The summed E-state index contributed by atoms with van der Waals surface area (Å²) in [5, 5.41) is 3.02. The van der Waals surface area contributed by atoms with Gasteiger partial charge in [0.1, 0.15) is 5.37 Å². The Balaban J connectivity index is 1.64. The van der Waals surface area contributed by atoms with Crippen LogP contribution in [0.25, 0.3) is 0 Å². The number of benzene rings is 1. The van der Waals surface area contributed by atoms with Crippen molar-refractivity contribution in [2.24, 2.45) is 0 Å². The van der Waals surface area contributed by atoms with E-state index >= 15 is 0 Å². The first-order valence-electron chi connectivity index (χ1n) is 8.65. The fourth-order valence-corrected chi connectivity index (χ4v) is 4.09. The van der Waals surface area contributed by atoms with E-state index in [9.17, 15) is 9.59 Å². The second-order valence-corrected chi connectivity index (χ2v) is 8.78. The van der Waals surface area contributed by atoms with Crippen molar-refractivity contribution in [3.8, 4) is 0 Å². The molecule has 1 aromatic carbocycles. The Morgan fingerprint density at radius 3 is 2.50 bits per heavy atom. The van der Waals surface area contributed by atoms with Crippen molar-refractivity contribution in [3.63, 3.8) is 0 Å². The molecule has 130 valence electrons. The van der Waals surface area contributed by atoms with Gasteiger partial charge < -0.3 is 10.2 Å². The van der Waals surface area contributed by atoms with Crippen LogP contribution < -0.4 is 5.32 Å². The van der Waals surface area contributed by atoms with Crippen LogP contribution in [0, 0.1) is 0 Å². The van der Waals surface area contributed by atoms with Gasteiger partial charge in [-0.05, 0) is 29.4 Å². The van der Waals surface area contributed by atoms with Gasteiger partial charge in [-0.15, -0.1) is 11.8 Å². The summed E-state index contributed by atoms with van der Waals surface area (Å²) in [6, 6.07) is 8.91. The van der Waals surface area contributed by atoms with E-state index in [0.717, 1.165) is 18.4 Å². The van der Waals surface area contributed by atoms with E-state index in [4.69, 9.17) is 0 Å². The molecule has 1 saturated heterocycles. The van der Waals surface area contributed by atoms with E-state index in [-0.39, 0.29) is 22.6 Å². The van der Waals surface area contributed by atoms with Gasteiger partial charge in [-0.1, -0.05) is 45.0 Å². The minimum Gasteiger partial charge on any atom is -0.353 e. The summed E-state index contributed by atoms with van der Waals surface area (Å²) in [6.07, 6.45) is 2.57. The van der Waals surface area contributed by atoms with Gasteiger partial charge in [0.2, 0.25) is 11.8 Å². The molecule has 0 aromatic heterocycles. The lowest BCUT2D eigenvalue weighted by atomic mass is 9.86. The molecule has 2 fully saturated rings. The Hall–Kier alpha value is -1.49. The normalized spacial score (nSPS) is 21.2. The van der Waals surface area contributed by atoms with Crippen LogP contribution in [0.4, 0.5) is 0 Å². The molecule has 0 bridgehead atoms. The van der Waals surface area contributed by atoms with E-state index < -0.39 is 0 Å². The molecule has 1 atom stereocenters. The number of nitrogens with zero attached hydrogens (tertiary/aromatic N) is 1. The summed E-state index contributed by atoms with van der Waals surface area (Å²) in [5.74, 6) is 0.684. The number of carbonyl (C=O) groups excluding carboxylic acids is 2. The molecule has 1 aliphatic carbocycles. The van der Waals surface area contributed by atoms with Crippen LogP contribution in [0.5, 0.6) is 0 Å². The number of rotatable bonds is 5. The van der Waals surface area contributed by atoms with Crippen LogP contribution in [0.3, 0.4) is 0 Å². The summed E-state index contributed by atoms with van der Waals surface area (Å²) in [5.41, 5.74) is 2.55. The van der Waals surface area contributed by atoms with Gasteiger partial charge in [0, 0.05) is 19.0 Å². The van der Waals surface area contributed by atoms with Gasteiger partial charge in [-0.2, -0.15) is 0 Å². The standard InChI is InChI=1S/C19H26N2O2S/c1-19(2,3)14-6-4-13(5-7-14)18-21(17(23)12-24-18)11-10-16(22)20-15-8-9-15/h4-7,15,18H,8-12H2,1-3H3,(H,20,22)/t18-/m0/s1. The van der Waals surface area contributed by atoms with Crippen molar-refractivity contribution >= 4 is 23.6 Å². The van der Waals surface area contributed by atoms with Crippen LogP contribution in [-0.2, 0) is 15.0 Å². The number of hydrogen-bond acceptors (Lipinski definition) is 3. The SMILES string of the molecule is CC(C)(C)c1ccc([C@@H]2SCC(=O)N2CCC(=O)NC2CC2)cc1. The highest BCUT2D eigenvalue weighted by molar-refractivity contribution is 8.00. The lowest BCUT2D eigenvalue weighted by molar-refractivity contribution is -0.129. The number of amides is 2. The molecule has 1 saturated carbocycles. The highest BCUT2D eigenvalue weighted by atomic mass is 32.2. The van der Waals surface area contributed by atoms with Crippen LogP contribution >= 0.6 is 11.8 Å². The van der Waals surface area contributed by atoms with Crippen molar-refractivity contribution in [1.82, 2.24) is 10.2 Å². The molecule has 1 aromatic rings. The maximum atomic E-state index is 12.2. The number of thioether (sulfide) groups is 1. The minimum atomic E-state index is 0.0280. The molecular weight excluding hydrogens is 320 g/mol. The largest absolute Gasteiger partial charge is 0.353 e. The highest BCUT2D eigenvalue weighted by Gasteiger charge is 2.33. The average molecular weight is 346 g/mol. The first-order valence-corrected chi connectivity index (χ1v) is 9.70. The lowest BCUT2D eigenvalue weighted by Crippen LogP contribution is -2.34. The molecule has 24 heavy (non-hydrogen) atoms. The summed E-state index contributed by atoms with van der Waals surface area (Å²) in [4.78, 5) is 26.0. The topological polar surface area (TPSA) is 49.4 Å². The molecular formula is C19H26N2O2S. The number of carbonyl (C=O) groups is 2. The molecule has 2 amide bonds. The third kappa shape index (κ3) is 4.12. The maximum absolute atomic E-state index is 12.2. The number of nitrogens with one attached hydrogen (secondary N) is 1. The molecule has 5 heteroatoms. The van der Waals surface area contributed by atoms with Gasteiger partial charge >= 0.3 is 0 Å². The van der Waals surface area contributed by atoms with Crippen LogP contribution in [0.1, 0.15) is 56.5 Å². The predicted molar refractivity (Wildman–Crippen MR) is 97.8 cm³/mol. The molecule has 0 radical (unpaired) electrons. The lowest BCUT2D eigenvalue weighted by Gasteiger charge is -2.25. The van der Waals surface area contributed by atoms with E-state index in [0.29, 0.717) is 24.8 Å². The third-order valence-corrected chi connectivity index (χ3v) is 5.81. The smallest absolute Gasteiger partial charge is 0.233 e. The summed E-state index contributed by atoms with van der Waals surface area (Å²) in [7, 11) is 0. The van der Waals surface area contributed by atoms with E-state index in [1.54, 1.807) is 11.8 Å². The molecule has 0 spiro atoms. The summed E-state index contributed by atoms with van der Waals surface area (Å²) < 4.78 is 0. The zero-order valence-electron chi connectivity index (χ0n) is 14.7. The Bertz CT molecular complexity index is 617. The third-order valence-electron chi connectivity index (χ3n) is 4.55. The van der Waals surface area contributed by atoms with Gasteiger partial charge in [0.15, 0.2) is 0 Å². The predicted octanol–water partition coefficient (Wildman–Crippen LogP) is 3.23. The van der Waals surface area contributed by atoms with Crippen molar-refractivity contribution in [2.45, 2.75) is 56.9 Å². The monoisotopic (exact) mass is 346 g/mol. The Morgan fingerprint density at radius 1 is 1.25 bits per heavy atom. The number of hydrogen-bond donors (Lipinski definition) is 1. The zero-order chi connectivity index (χ0) is 17.3. The van der Waals surface area contributed by atoms with Crippen molar-refractivity contribution in [3.05, 3.63) is 35.4 Å². The first kappa shape index (κ1) is 17.3. The van der Waals surface area contributed by atoms with Gasteiger partial charge in [-0.3, -0.25) is 9.59 Å². The molecule has 1 N–H and O–H groups in total. The molecule has 3 rings (SSSR count). The second kappa shape index (κ2) is 6.79. The second-order valence-electron chi connectivity index (χ2n) is 7.71. The van der Waals surface area contributed by atoms with Crippen LogP contribution in [0.2, 0.25) is 0 Å². The maximum Gasteiger partial charge on any atom is 0.233 e. The summed E-state index contributed by atoms with van der Waals surface area (Å²) in [6.45, 7) is 7.08. The van der Waals surface area contributed by atoms with E-state index in [1.165, 1.54) is 5.56 Å².